The second-order valence-electron chi connectivity index (χ2n) is 3.04. The Bertz CT molecular complexity index is 272. The smallest absolute Gasteiger partial charge is 0.238 e. The fourth-order valence-electron chi connectivity index (χ4n) is 1.09. The number of benzene rings is 1. The zero-order chi connectivity index (χ0) is 10.2. The minimum absolute atomic E-state index is 0.331. The third-order valence-corrected chi connectivity index (χ3v) is 1.81. The van der Waals surface area contributed by atoms with E-state index in [1.165, 1.54) is 0 Å². The fourth-order valence-corrected chi connectivity index (χ4v) is 1.09. The molecule has 0 saturated heterocycles. The molecular weight excluding hydrogens is 178 g/mol. The van der Waals surface area contributed by atoms with Crippen LogP contribution < -0.4 is 10.5 Å². The van der Waals surface area contributed by atoms with Gasteiger partial charge in [-0.05, 0) is 25.0 Å². The number of carbonyl (C=O) groups is 1. The van der Waals surface area contributed by atoms with Crippen LogP contribution in [0.15, 0.2) is 30.3 Å². The van der Waals surface area contributed by atoms with Gasteiger partial charge in [-0.3, -0.25) is 10.5 Å². The summed E-state index contributed by atoms with van der Waals surface area (Å²) in [6, 6.07) is 9.57. The van der Waals surface area contributed by atoms with Crippen LogP contribution in [0.3, 0.4) is 0 Å². The second kappa shape index (κ2) is 6.02. The zero-order valence-electron chi connectivity index (χ0n) is 8.03. The van der Waals surface area contributed by atoms with E-state index in [-0.39, 0.29) is 0 Å². The van der Waals surface area contributed by atoms with Crippen molar-refractivity contribution >= 4 is 5.91 Å². The summed E-state index contributed by atoms with van der Waals surface area (Å²) in [6.45, 7) is 0.608. The van der Waals surface area contributed by atoms with E-state index >= 15 is 0 Å². The van der Waals surface area contributed by atoms with E-state index in [9.17, 15) is 4.79 Å². The van der Waals surface area contributed by atoms with Crippen molar-refractivity contribution in [3.8, 4) is 5.75 Å². The number of nitrogens with one attached hydrogen (secondary N) is 1. The summed E-state index contributed by atoms with van der Waals surface area (Å²) < 4.78 is 5.42. The number of ether oxygens (including phenoxy) is 1. The van der Waals surface area contributed by atoms with Crippen molar-refractivity contribution in [2.24, 2.45) is 0 Å². The van der Waals surface area contributed by atoms with Crippen LogP contribution in [0, 0.1) is 0 Å². The summed E-state index contributed by atoms with van der Waals surface area (Å²) in [5, 5.41) is 0. The van der Waals surface area contributed by atoms with Gasteiger partial charge in [0.2, 0.25) is 5.91 Å². The molecule has 0 aliphatic heterocycles. The van der Waals surface area contributed by atoms with E-state index in [1.807, 2.05) is 30.3 Å². The first-order valence-electron chi connectivity index (χ1n) is 4.71. The lowest BCUT2D eigenvalue weighted by atomic mass is 10.2. The standard InChI is InChI=1S/C11H14NO2/c12-11(13)8-4-5-9-14-10-6-2-1-3-7-10/h1-3,6-7,12H,4-5,8-9H2. The molecule has 0 saturated carbocycles. The van der Waals surface area contributed by atoms with Gasteiger partial charge in [0.25, 0.3) is 0 Å². The number of hydrogen-bond donors (Lipinski definition) is 0. The average Bonchev–Trinajstić information content (AvgIpc) is 2.18. The predicted molar refractivity (Wildman–Crippen MR) is 53.9 cm³/mol. The van der Waals surface area contributed by atoms with E-state index < -0.39 is 5.91 Å². The van der Waals surface area contributed by atoms with Gasteiger partial charge in [0.05, 0.1) is 6.61 Å². The lowest BCUT2D eigenvalue weighted by molar-refractivity contribution is -0.118. The molecule has 3 heteroatoms. The van der Waals surface area contributed by atoms with Crippen molar-refractivity contribution in [3.05, 3.63) is 30.3 Å². The summed E-state index contributed by atoms with van der Waals surface area (Å²) in [7, 11) is 0. The van der Waals surface area contributed by atoms with Gasteiger partial charge in [-0.2, -0.15) is 0 Å². The summed E-state index contributed by atoms with van der Waals surface area (Å²) in [4.78, 5) is 10.3. The maximum atomic E-state index is 10.3. The van der Waals surface area contributed by atoms with Crippen molar-refractivity contribution in [2.75, 3.05) is 6.61 Å². The number of amides is 1. The molecule has 0 aliphatic carbocycles. The molecule has 1 aromatic carbocycles. The molecule has 14 heavy (non-hydrogen) atoms. The van der Waals surface area contributed by atoms with E-state index in [0.717, 1.165) is 18.6 Å². The van der Waals surface area contributed by atoms with Gasteiger partial charge < -0.3 is 4.74 Å². The average molecular weight is 192 g/mol. The monoisotopic (exact) mass is 192 g/mol. The first-order valence-corrected chi connectivity index (χ1v) is 4.71. The van der Waals surface area contributed by atoms with E-state index in [4.69, 9.17) is 10.5 Å². The predicted octanol–water partition coefficient (Wildman–Crippen LogP) is 2.05. The van der Waals surface area contributed by atoms with Crippen molar-refractivity contribution in [1.29, 1.82) is 0 Å². The molecule has 3 nitrogen and oxygen atoms in total. The fraction of sp³-hybridized carbons (Fsp3) is 0.364. The Balaban J connectivity index is 2.08. The second-order valence-corrected chi connectivity index (χ2v) is 3.04. The Morgan fingerprint density at radius 1 is 1.21 bits per heavy atom. The summed E-state index contributed by atoms with van der Waals surface area (Å²) in [5.74, 6) is 0.356. The number of rotatable bonds is 6. The summed E-state index contributed by atoms with van der Waals surface area (Å²) >= 11 is 0. The largest absolute Gasteiger partial charge is 0.494 e. The summed E-state index contributed by atoms with van der Waals surface area (Å²) in [5.41, 5.74) is 6.70. The first-order chi connectivity index (χ1) is 6.79. The van der Waals surface area contributed by atoms with Crippen LogP contribution >= 0.6 is 0 Å². The lowest BCUT2D eigenvalue weighted by Crippen LogP contribution is -2.01. The Morgan fingerprint density at radius 3 is 2.57 bits per heavy atom. The molecule has 1 radical (unpaired) electrons. The van der Waals surface area contributed by atoms with Crippen LogP contribution in [0.5, 0.6) is 5.75 Å². The molecule has 1 N–H and O–H groups in total. The van der Waals surface area contributed by atoms with Crippen LogP contribution in [0.25, 0.3) is 0 Å². The minimum atomic E-state index is -0.496. The molecule has 0 unspecified atom stereocenters. The maximum absolute atomic E-state index is 10.3. The zero-order valence-corrected chi connectivity index (χ0v) is 8.03. The normalized spacial score (nSPS) is 9.71. The molecule has 1 amide bonds. The van der Waals surface area contributed by atoms with Gasteiger partial charge in [-0.15, -0.1) is 0 Å². The number of para-hydroxylation sites is 1. The van der Waals surface area contributed by atoms with Crippen molar-refractivity contribution in [3.63, 3.8) is 0 Å². The Morgan fingerprint density at radius 2 is 1.93 bits per heavy atom. The van der Waals surface area contributed by atoms with Crippen LogP contribution in [0.1, 0.15) is 19.3 Å². The Labute approximate surface area is 83.9 Å². The lowest BCUT2D eigenvalue weighted by Gasteiger charge is -2.04. The molecular formula is C11H14NO2. The van der Waals surface area contributed by atoms with Gasteiger partial charge in [0.1, 0.15) is 5.75 Å². The molecule has 0 spiro atoms. The van der Waals surface area contributed by atoms with E-state index in [2.05, 4.69) is 0 Å². The van der Waals surface area contributed by atoms with Gasteiger partial charge in [0, 0.05) is 6.42 Å². The van der Waals surface area contributed by atoms with Crippen molar-refractivity contribution < 1.29 is 9.53 Å². The van der Waals surface area contributed by atoms with Crippen LogP contribution in [0.4, 0.5) is 0 Å². The highest BCUT2D eigenvalue weighted by atomic mass is 16.5. The molecule has 1 rings (SSSR count). The number of carbonyl (C=O) groups excluding carboxylic acids is 1. The summed E-state index contributed by atoms with van der Waals surface area (Å²) in [6.07, 6.45) is 1.88. The van der Waals surface area contributed by atoms with Crippen molar-refractivity contribution in [1.82, 2.24) is 5.73 Å². The molecule has 1 aromatic rings. The third kappa shape index (κ3) is 4.50. The highest BCUT2D eigenvalue weighted by Gasteiger charge is 1.95. The maximum Gasteiger partial charge on any atom is 0.238 e. The first kappa shape index (κ1) is 10.6. The molecule has 0 aromatic heterocycles. The highest BCUT2D eigenvalue weighted by Crippen LogP contribution is 2.09. The van der Waals surface area contributed by atoms with E-state index in [0.29, 0.717) is 13.0 Å². The molecule has 0 atom stereocenters. The number of unbranched alkanes of at least 4 members (excludes halogenated alkanes) is 1. The number of hydrogen-bond acceptors (Lipinski definition) is 2. The van der Waals surface area contributed by atoms with Crippen molar-refractivity contribution in [2.45, 2.75) is 19.3 Å². The van der Waals surface area contributed by atoms with Gasteiger partial charge >= 0.3 is 0 Å². The Kier molecular flexibility index (Phi) is 4.55. The molecule has 75 valence electrons. The Hall–Kier alpha value is -1.51. The van der Waals surface area contributed by atoms with Crippen LogP contribution in [0.2, 0.25) is 0 Å². The molecule has 0 aliphatic rings. The van der Waals surface area contributed by atoms with E-state index in [1.54, 1.807) is 0 Å². The SMILES string of the molecule is [NH]C(=O)CCCCOc1ccccc1. The quantitative estimate of drug-likeness (QED) is 0.647. The van der Waals surface area contributed by atoms with Crippen LogP contribution in [-0.4, -0.2) is 12.5 Å². The van der Waals surface area contributed by atoms with Gasteiger partial charge in [-0.25, -0.2) is 0 Å². The topological polar surface area (TPSA) is 50.1 Å². The van der Waals surface area contributed by atoms with Crippen LogP contribution in [-0.2, 0) is 4.79 Å². The highest BCUT2D eigenvalue weighted by molar-refractivity contribution is 5.72. The molecule has 0 heterocycles. The third-order valence-electron chi connectivity index (χ3n) is 1.81. The molecule has 0 fully saturated rings. The van der Waals surface area contributed by atoms with Gasteiger partial charge in [0.15, 0.2) is 0 Å². The van der Waals surface area contributed by atoms with Gasteiger partial charge in [-0.1, -0.05) is 18.2 Å². The molecule has 0 bridgehead atoms. The minimum Gasteiger partial charge on any atom is -0.494 e.